The van der Waals surface area contributed by atoms with Gasteiger partial charge in [-0.2, -0.15) is 0 Å². The standard InChI is InChI=1S/C84H52N6/c1-7-19-53(20-8-1)63-45-47-85-79-65(63)39-41-67-75(59-23-11-3-12-24-59)71(49-87-81(67)79)55-31-35-57(36-32-55)73-51-89-83-69(77(73)61-27-15-5-16-28-61)43-44-70-78(62-29-17-6-18-30-62)74(52-90-84(70)83)58-37-33-56(34-38-58)72-50-88-82-68(76(72)60-25-13-4-14-26-60)42-40-66-64(46-48-86-80(66)82)54-21-9-2-10-22-54/h1-52H. The largest absolute Gasteiger partial charge is 0.254 e. The highest BCUT2D eigenvalue weighted by molar-refractivity contribution is 6.18. The Morgan fingerprint density at radius 2 is 0.344 bits per heavy atom. The monoisotopic (exact) mass is 1140 g/mol. The van der Waals surface area contributed by atoms with Crippen LogP contribution in [0.5, 0.6) is 0 Å². The summed E-state index contributed by atoms with van der Waals surface area (Å²) in [4.78, 5) is 31.1. The van der Waals surface area contributed by atoms with Gasteiger partial charge in [-0.05, 0) is 78.9 Å². The molecule has 6 nitrogen and oxygen atoms in total. The first kappa shape index (κ1) is 52.2. The van der Waals surface area contributed by atoms with Crippen molar-refractivity contribution in [2.45, 2.75) is 0 Å². The molecule has 0 saturated carbocycles. The van der Waals surface area contributed by atoms with E-state index in [2.05, 4.69) is 267 Å². The van der Waals surface area contributed by atoms with Gasteiger partial charge in [-0.3, -0.25) is 29.9 Å². The molecule has 90 heavy (non-hydrogen) atoms. The summed E-state index contributed by atoms with van der Waals surface area (Å²) in [6.45, 7) is 0. The molecule has 0 saturated heterocycles. The summed E-state index contributed by atoms with van der Waals surface area (Å²) in [5.41, 5.74) is 27.1. The highest BCUT2D eigenvalue weighted by atomic mass is 14.8. The van der Waals surface area contributed by atoms with Gasteiger partial charge in [-0.25, -0.2) is 0 Å². The molecule has 0 aliphatic carbocycles. The van der Waals surface area contributed by atoms with Crippen molar-refractivity contribution in [3.05, 3.63) is 316 Å². The number of fused-ring (bicyclic) bond motifs is 9. The highest BCUT2D eigenvalue weighted by Gasteiger charge is 2.23. The van der Waals surface area contributed by atoms with Crippen molar-refractivity contribution in [3.8, 4) is 111 Å². The predicted octanol–water partition coefficient (Wildman–Crippen LogP) is 21.6. The highest BCUT2D eigenvalue weighted by Crippen LogP contribution is 2.47. The number of hydrogen-bond acceptors (Lipinski definition) is 6. The average Bonchev–Trinajstić information content (AvgIpc) is 0.830. The van der Waals surface area contributed by atoms with Gasteiger partial charge in [-0.15, -0.1) is 0 Å². The summed E-state index contributed by atoms with van der Waals surface area (Å²) in [6, 6.07) is 99.0. The molecule has 0 amide bonds. The Hall–Kier alpha value is -12.1. The molecule has 0 spiro atoms. The molecular formula is C84H52N6. The lowest BCUT2D eigenvalue weighted by molar-refractivity contribution is 1.36. The summed E-state index contributed by atoms with van der Waals surface area (Å²) in [7, 11) is 0. The summed E-state index contributed by atoms with van der Waals surface area (Å²) < 4.78 is 0. The topological polar surface area (TPSA) is 77.3 Å². The Labute approximate surface area is 519 Å². The average molecular weight is 1150 g/mol. The summed E-state index contributed by atoms with van der Waals surface area (Å²) >= 11 is 0. The van der Waals surface area contributed by atoms with E-state index in [9.17, 15) is 0 Å². The molecule has 0 aliphatic heterocycles. The van der Waals surface area contributed by atoms with E-state index in [0.717, 1.165) is 177 Å². The van der Waals surface area contributed by atoms with Crippen LogP contribution in [0.3, 0.4) is 0 Å². The van der Waals surface area contributed by atoms with Gasteiger partial charge in [0.05, 0.1) is 33.1 Å². The number of rotatable bonds is 10. The predicted molar refractivity (Wildman–Crippen MR) is 373 cm³/mol. The molecule has 418 valence electrons. The first-order chi connectivity index (χ1) is 44.7. The third kappa shape index (κ3) is 8.88. The lowest BCUT2D eigenvalue weighted by Gasteiger charge is -2.18. The van der Waals surface area contributed by atoms with E-state index in [4.69, 9.17) is 29.9 Å². The summed E-state index contributed by atoms with van der Waals surface area (Å²) in [5.74, 6) is 0. The van der Waals surface area contributed by atoms with Crippen LogP contribution in [0.2, 0.25) is 0 Å². The van der Waals surface area contributed by atoms with Crippen molar-refractivity contribution in [2.24, 2.45) is 0 Å². The Balaban J connectivity index is 0.767. The molecule has 11 aromatic carbocycles. The number of benzene rings is 11. The van der Waals surface area contributed by atoms with Crippen molar-refractivity contribution in [3.63, 3.8) is 0 Å². The molecule has 0 bridgehead atoms. The van der Waals surface area contributed by atoms with E-state index in [0.29, 0.717) is 0 Å². The number of nitrogens with zero attached hydrogens (tertiary/aromatic N) is 6. The molecule has 0 N–H and O–H groups in total. The van der Waals surface area contributed by atoms with E-state index < -0.39 is 0 Å². The van der Waals surface area contributed by atoms with Crippen LogP contribution in [0.4, 0.5) is 0 Å². The molecule has 17 aromatic rings. The van der Waals surface area contributed by atoms with Crippen molar-refractivity contribution in [2.75, 3.05) is 0 Å². The van der Waals surface area contributed by atoms with Crippen molar-refractivity contribution in [1.29, 1.82) is 0 Å². The van der Waals surface area contributed by atoms with Gasteiger partial charge in [-0.1, -0.05) is 267 Å². The van der Waals surface area contributed by atoms with Crippen molar-refractivity contribution >= 4 is 65.4 Å². The van der Waals surface area contributed by atoms with Gasteiger partial charge in [0, 0.05) is 114 Å². The number of aromatic nitrogens is 6. The fourth-order valence-electron chi connectivity index (χ4n) is 13.6. The molecule has 0 aliphatic rings. The van der Waals surface area contributed by atoms with Gasteiger partial charge in [0.25, 0.3) is 0 Å². The fraction of sp³-hybridized carbons (Fsp3) is 0. The molecule has 0 atom stereocenters. The molecule has 0 radical (unpaired) electrons. The Morgan fingerprint density at radius 3 is 0.589 bits per heavy atom. The quantitative estimate of drug-likeness (QED) is 0.127. The second-order valence-electron chi connectivity index (χ2n) is 22.8. The molecule has 6 aromatic heterocycles. The number of pyridine rings is 6. The maximum absolute atomic E-state index is 5.37. The Bertz CT molecular complexity index is 5240. The minimum atomic E-state index is 0.843. The smallest absolute Gasteiger partial charge is 0.0971 e. The first-order valence-electron chi connectivity index (χ1n) is 30.4. The third-order valence-electron chi connectivity index (χ3n) is 17.8. The maximum atomic E-state index is 5.37. The van der Waals surface area contributed by atoms with Gasteiger partial charge in [0.2, 0.25) is 0 Å². The molecular weight excluding hydrogens is 1090 g/mol. The Kier molecular flexibility index (Phi) is 12.8. The normalized spacial score (nSPS) is 11.6. The van der Waals surface area contributed by atoms with E-state index in [1.807, 2.05) is 49.3 Å². The zero-order valence-corrected chi connectivity index (χ0v) is 48.7. The van der Waals surface area contributed by atoms with Gasteiger partial charge in [0.1, 0.15) is 0 Å². The third-order valence-corrected chi connectivity index (χ3v) is 17.8. The maximum Gasteiger partial charge on any atom is 0.0971 e. The molecule has 17 rings (SSSR count). The van der Waals surface area contributed by atoms with Crippen molar-refractivity contribution < 1.29 is 0 Å². The van der Waals surface area contributed by atoms with Crippen molar-refractivity contribution in [1.82, 2.24) is 29.9 Å². The number of hydrogen-bond donors (Lipinski definition) is 0. The zero-order chi connectivity index (χ0) is 59.5. The van der Waals surface area contributed by atoms with Gasteiger partial charge >= 0.3 is 0 Å². The Morgan fingerprint density at radius 1 is 0.144 bits per heavy atom. The molecule has 0 unspecified atom stereocenters. The zero-order valence-electron chi connectivity index (χ0n) is 48.7. The van der Waals surface area contributed by atoms with E-state index in [-0.39, 0.29) is 0 Å². The first-order valence-corrected chi connectivity index (χ1v) is 30.4. The van der Waals surface area contributed by atoms with Crippen LogP contribution in [0.25, 0.3) is 177 Å². The van der Waals surface area contributed by atoms with E-state index >= 15 is 0 Å². The second kappa shape index (κ2) is 22.0. The summed E-state index contributed by atoms with van der Waals surface area (Å²) in [5, 5.41) is 6.31. The van der Waals surface area contributed by atoms with Crippen LogP contribution in [0.1, 0.15) is 0 Å². The van der Waals surface area contributed by atoms with Crippen LogP contribution in [0, 0.1) is 0 Å². The van der Waals surface area contributed by atoms with Gasteiger partial charge in [0.15, 0.2) is 0 Å². The van der Waals surface area contributed by atoms with Crippen LogP contribution >= 0.6 is 0 Å². The molecule has 0 fully saturated rings. The van der Waals surface area contributed by atoms with Crippen LogP contribution in [-0.2, 0) is 0 Å². The van der Waals surface area contributed by atoms with Crippen LogP contribution in [-0.4, -0.2) is 29.9 Å². The molecule has 6 heterocycles. The lowest BCUT2D eigenvalue weighted by atomic mass is 9.88. The minimum Gasteiger partial charge on any atom is -0.254 e. The second-order valence-corrected chi connectivity index (χ2v) is 22.8. The van der Waals surface area contributed by atoms with E-state index in [1.54, 1.807) is 0 Å². The van der Waals surface area contributed by atoms with Gasteiger partial charge < -0.3 is 0 Å². The van der Waals surface area contributed by atoms with Crippen LogP contribution < -0.4 is 0 Å². The SMILES string of the molecule is c1ccc(-c2ccnc3c2ccc2c(-c4ccccc4)c(-c4ccc(-c5cnc6c(ccc7c(-c8ccccc8)c(-c8ccc(-c9cnc%10c(ccc%11c(-c%12ccccc%12)ccnc%11%10)c9-c9ccccc9)cc8)cnc76)c5-c5ccccc5)cc4)cnc23)cc1. The molecule has 6 heteroatoms. The van der Waals surface area contributed by atoms with E-state index in [1.165, 1.54) is 0 Å². The minimum absolute atomic E-state index is 0.843. The summed E-state index contributed by atoms with van der Waals surface area (Å²) in [6.07, 6.45) is 11.9. The van der Waals surface area contributed by atoms with Crippen LogP contribution in [0.15, 0.2) is 316 Å². The fourth-order valence-corrected chi connectivity index (χ4v) is 13.6. The lowest BCUT2D eigenvalue weighted by Crippen LogP contribution is -1.96.